The van der Waals surface area contributed by atoms with Gasteiger partial charge >= 0.3 is 0 Å². The van der Waals surface area contributed by atoms with E-state index in [1.807, 2.05) is 24.3 Å². The molecular weight excluding hydrogens is 489 g/mol. The largest absolute Gasteiger partial charge is 0.491 e. The summed E-state index contributed by atoms with van der Waals surface area (Å²) in [6, 6.07) is 7.52. The topological polar surface area (TPSA) is 229 Å². The first-order chi connectivity index (χ1) is 15.6. The normalized spacial score (nSPS) is 11.8. The fourth-order valence-electron chi connectivity index (χ4n) is 2.37. The van der Waals surface area contributed by atoms with Gasteiger partial charge in [-0.3, -0.25) is 9.79 Å². The molecule has 14 heteroatoms. The molecule has 2 unspecified atom stereocenters. The van der Waals surface area contributed by atoms with E-state index < -0.39 is 24.7 Å². The van der Waals surface area contributed by atoms with Gasteiger partial charge in [0.1, 0.15) is 29.7 Å². The molecule has 0 saturated carbocycles. The molecule has 1 aromatic heterocycles. The van der Waals surface area contributed by atoms with Gasteiger partial charge in [0.15, 0.2) is 17.5 Å². The number of nitrogens with two attached hydrogens (primary N) is 4. The number of aromatic nitrogens is 2. The number of guanidine groups is 1. The standard InChI is InChI=1S/C15H25N3O4.C5H5ClN4O.ClH/c16-15(17)18-8-2-1-3-11-4-6-12(7-5-11)22-10-14(21)13(20)9-19;6-2-1-9-4(7)3(10-2)5(8)11;/h4-7,13-14,19-21H,1-3,8-10H2,(H4,16,17,18);1H,(H2,7,9)(H2,8,11);1H. The second kappa shape index (κ2) is 16.7. The monoisotopic (exact) mass is 519 g/mol. The zero-order chi connectivity index (χ0) is 24.8. The average molecular weight is 520 g/mol. The number of ether oxygens (including phenoxy) is 1. The highest BCUT2D eigenvalue weighted by Gasteiger charge is 2.15. The van der Waals surface area contributed by atoms with Crippen LogP contribution in [0, 0.1) is 0 Å². The van der Waals surface area contributed by atoms with Crippen molar-refractivity contribution in [3.63, 3.8) is 0 Å². The van der Waals surface area contributed by atoms with Crippen LogP contribution in [0.25, 0.3) is 0 Å². The lowest BCUT2D eigenvalue weighted by Crippen LogP contribution is -2.34. The molecule has 0 aliphatic heterocycles. The second-order valence-corrected chi connectivity index (χ2v) is 7.21. The molecule has 0 bridgehead atoms. The number of amides is 1. The van der Waals surface area contributed by atoms with Crippen molar-refractivity contribution in [3.05, 3.63) is 46.9 Å². The molecule has 11 N–H and O–H groups in total. The van der Waals surface area contributed by atoms with E-state index in [0.29, 0.717) is 12.3 Å². The van der Waals surface area contributed by atoms with Gasteiger partial charge in [-0.1, -0.05) is 23.7 Å². The summed E-state index contributed by atoms with van der Waals surface area (Å²) in [6.45, 7) is 0.0670. The molecule has 12 nitrogen and oxygen atoms in total. The van der Waals surface area contributed by atoms with Gasteiger partial charge < -0.3 is 43.0 Å². The summed E-state index contributed by atoms with van der Waals surface area (Å²) in [5.41, 5.74) is 21.7. The van der Waals surface area contributed by atoms with Crippen LogP contribution in [0.4, 0.5) is 5.82 Å². The summed E-state index contributed by atoms with van der Waals surface area (Å²) in [6.07, 6.45) is 1.76. The Balaban J connectivity index is 0.000000763. The third kappa shape index (κ3) is 12.4. The van der Waals surface area contributed by atoms with Gasteiger partial charge in [-0.05, 0) is 37.0 Å². The van der Waals surface area contributed by atoms with Crippen LogP contribution in [0.1, 0.15) is 28.9 Å². The van der Waals surface area contributed by atoms with Gasteiger partial charge in [0, 0.05) is 6.54 Å². The van der Waals surface area contributed by atoms with Gasteiger partial charge in [-0.2, -0.15) is 0 Å². The number of aliphatic hydroxyl groups is 3. The minimum atomic E-state index is -1.19. The maximum Gasteiger partial charge on any atom is 0.271 e. The van der Waals surface area contributed by atoms with Crippen LogP contribution in [0.2, 0.25) is 5.15 Å². The maximum absolute atomic E-state index is 10.6. The molecule has 0 radical (unpaired) electrons. The molecule has 1 amide bonds. The van der Waals surface area contributed by atoms with E-state index in [2.05, 4.69) is 15.0 Å². The van der Waals surface area contributed by atoms with Crippen LogP contribution in [0.5, 0.6) is 5.75 Å². The van der Waals surface area contributed by atoms with E-state index in [1.165, 1.54) is 11.8 Å². The number of carbonyl (C=O) groups excluding carboxylic acids is 1. The van der Waals surface area contributed by atoms with Crippen LogP contribution >= 0.6 is 24.0 Å². The lowest BCUT2D eigenvalue weighted by Gasteiger charge is -2.16. The van der Waals surface area contributed by atoms with E-state index >= 15 is 0 Å². The van der Waals surface area contributed by atoms with Crippen LogP contribution < -0.4 is 27.7 Å². The quantitative estimate of drug-likeness (QED) is 0.115. The van der Waals surface area contributed by atoms with Gasteiger partial charge in [0.05, 0.1) is 12.8 Å². The van der Waals surface area contributed by atoms with E-state index in [4.69, 9.17) is 44.4 Å². The number of aliphatic hydroxyl groups excluding tert-OH is 3. The SMILES string of the molecule is Cl.NC(=O)c1nc(Cl)cnc1N.NC(N)=NCCCCc1ccc(OCC(O)C(O)CO)cc1. The Hall–Kier alpha value is -2.90. The number of anilines is 1. The highest BCUT2D eigenvalue weighted by atomic mass is 35.5. The Morgan fingerprint density at radius 3 is 2.29 bits per heavy atom. The molecule has 0 saturated heterocycles. The fraction of sp³-hybridized carbons (Fsp3) is 0.400. The molecule has 1 aromatic carbocycles. The zero-order valence-corrected chi connectivity index (χ0v) is 20.0. The Morgan fingerprint density at radius 2 is 1.76 bits per heavy atom. The first-order valence-electron chi connectivity index (χ1n) is 9.96. The highest BCUT2D eigenvalue weighted by Crippen LogP contribution is 2.14. The maximum atomic E-state index is 10.6. The van der Waals surface area contributed by atoms with Crippen molar-refractivity contribution in [2.45, 2.75) is 31.5 Å². The number of hydrogen-bond acceptors (Lipinski definition) is 9. The van der Waals surface area contributed by atoms with Gasteiger partial charge in [-0.15, -0.1) is 12.4 Å². The average Bonchev–Trinajstić information content (AvgIpc) is 2.79. The van der Waals surface area contributed by atoms with Gasteiger partial charge in [0.2, 0.25) is 0 Å². The Morgan fingerprint density at radius 1 is 1.12 bits per heavy atom. The Bertz CT molecular complexity index is 899. The summed E-state index contributed by atoms with van der Waals surface area (Å²) >= 11 is 5.42. The number of carbonyl (C=O) groups is 1. The molecule has 1 heterocycles. The lowest BCUT2D eigenvalue weighted by molar-refractivity contribution is -0.0339. The minimum Gasteiger partial charge on any atom is -0.491 e. The number of unbranched alkanes of at least 4 members (excludes halogenated alkanes) is 1. The van der Waals surface area contributed by atoms with E-state index in [9.17, 15) is 15.0 Å². The van der Waals surface area contributed by atoms with Gasteiger partial charge in [0.25, 0.3) is 5.91 Å². The molecule has 0 aliphatic rings. The number of aryl methyl sites for hydroxylation is 1. The molecular formula is C20H31Cl2N7O5. The summed E-state index contributed by atoms with van der Waals surface area (Å²) < 4.78 is 5.35. The zero-order valence-electron chi connectivity index (χ0n) is 18.4. The van der Waals surface area contributed by atoms with Crippen LogP contribution in [0.15, 0.2) is 35.5 Å². The predicted molar refractivity (Wildman–Crippen MR) is 132 cm³/mol. The molecule has 34 heavy (non-hydrogen) atoms. The number of nitrogens with zero attached hydrogens (tertiary/aromatic N) is 3. The van der Waals surface area contributed by atoms with Crippen molar-refractivity contribution in [2.24, 2.45) is 22.2 Å². The van der Waals surface area contributed by atoms with Crippen molar-refractivity contribution in [1.29, 1.82) is 0 Å². The fourth-order valence-corrected chi connectivity index (χ4v) is 2.51. The number of primary amides is 1. The summed E-state index contributed by atoms with van der Waals surface area (Å²) in [4.78, 5) is 21.6. The van der Waals surface area contributed by atoms with Gasteiger partial charge in [-0.25, -0.2) is 9.97 Å². The number of aliphatic imine (C=N–C) groups is 1. The van der Waals surface area contributed by atoms with Crippen LogP contribution in [0.3, 0.4) is 0 Å². The van der Waals surface area contributed by atoms with Crippen LogP contribution in [-0.2, 0) is 6.42 Å². The molecule has 0 aliphatic carbocycles. The third-order valence-electron chi connectivity index (χ3n) is 4.15. The van der Waals surface area contributed by atoms with Crippen molar-refractivity contribution in [2.75, 3.05) is 25.5 Å². The van der Waals surface area contributed by atoms with E-state index in [0.717, 1.165) is 19.3 Å². The summed E-state index contributed by atoms with van der Waals surface area (Å²) in [5.74, 6) is -0.0251. The summed E-state index contributed by atoms with van der Waals surface area (Å²) in [5, 5.41) is 27.5. The van der Waals surface area contributed by atoms with Crippen molar-refractivity contribution in [3.8, 4) is 5.75 Å². The third-order valence-corrected chi connectivity index (χ3v) is 4.33. The summed E-state index contributed by atoms with van der Waals surface area (Å²) in [7, 11) is 0. The molecule has 0 spiro atoms. The molecule has 2 aromatic rings. The number of benzene rings is 1. The van der Waals surface area contributed by atoms with E-state index in [1.54, 1.807) is 0 Å². The number of nitrogen functional groups attached to an aromatic ring is 1. The lowest BCUT2D eigenvalue weighted by atomic mass is 10.1. The van der Waals surface area contributed by atoms with Crippen LogP contribution in [-0.4, -0.2) is 69.1 Å². The first-order valence-corrected chi connectivity index (χ1v) is 10.3. The first kappa shape index (κ1) is 31.1. The minimum absolute atomic E-state index is 0. The number of rotatable bonds is 11. The number of halogens is 2. The molecule has 2 rings (SSSR count). The molecule has 0 fully saturated rings. The molecule has 190 valence electrons. The predicted octanol–water partition coefficient (Wildman–Crippen LogP) is -0.391. The van der Waals surface area contributed by atoms with Crippen molar-refractivity contribution < 1.29 is 24.9 Å². The Kier molecular flexibility index (Phi) is 15.3. The van der Waals surface area contributed by atoms with Crippen molar-refractivity contribution in [1.82, 2.24) is 9.97 Å². The highest BCUT2D eigenvalue weighted by molar-refractivity contribution is 6.29. The molecule has 2 atom stereocenters. The van der Waals surface area contributed by atoms with Crippen molar-refractivity contribution >= 4 is 41.7 Å². The number of hydrogen-bond donors (Lipinski definition) is 7. The van der Waals surface area contributed by atoms with E-state index in [-0.39, 0.29) is 41.6 Å². The smallest absolute Gasteiger partial charge is 0.271 e. The Labute approximate surface area is 208 Å². The second-order valence-electron chi connectivity index (χ2n) is 6.83.